The molecule has 1 aliphatic heterocycles. The topological polar surface area (TPSA) is 144 Å². The van der Waals surface area contributed by atoms with E-state index in [4.69, 9.17) is 25.7 Å². The highest BCUT2D eigenvalue weighted by atomic mass is 16.6. The SMILES string of the molecule is CC(C)(C)c1cc(N)n(-c2cccnc2)n1.CCCC(=O)OC[C@H]1CO1.COc1cccc(N)n1. The lowest BCUT2D eigenvalue weighted by molar-refractivity contribution is -0.144. The molecule has 0 amide bonds. The monoisotopic (exact) mass is 484 g/mol. The van der Waals surface area contributed by atoms with Crippen LogP contribution in [0.15, 0.2) is 48.8 Å². The molecule has 4 rings (SSSR count). The standard InChI is InChI=1S/C12H16N4.C7H12O3.C6H8N2O/c1-12(2,3)10-7-11(13)16(15-10)9-5-4-6-14-8-9;1-2-3-7(8)10-5-6-4-9-6;1-9-6-4-2-3-5(7)8-6/h4-8H,13H2,1-3H3;6H,2-5H2,1H3;2-4H,1H3,(H2,7,8)/t;6-;/m.1./s1. The molecule has 0 unspecified atom stereocenters. The first-order chi connectivity index (χ1) is 16.6. The molecule has 0 bridgehead atoms. The number of aromatic nitrogens is 4. The summed E-state index contributed by atoms with van der Waals surface area (Å²) in [4.78, 5) is 18.6. The first-order valence-electron chi connectivity index (χ1n) is 11.4. The molecule has 10 heteroatoms. The van der Waals surface area contributed by atoms with E-state index in [0.717, 1.165) is 24.4 Å². The molecule has 0 aliphatic carbocycles. The predicted molar refractivity (Wildman–Crippen MR) is 135 cm³/mol. The maximum absolute atomic E-state index is 10.7. The molecule has 0 saturated carbocycles. The second-order valence-corrected chi connectivity index (χ2v) is 8.82. The van der Waals surface area contributed by atoms with Crippen molar-refractivity contribution in [2.24, 2.45) is 0 Å². The van der Waals surface area contributed by atoms with Gasteiger partial charge in [-0.2, -0.15) is 10.1 Å². The van der Waals surface area contributed by atoms with Crippen LogP contribution in [-0.4, -0.2) is 52.1 Å². The molecule has 3 aromatic heterocycles. The fraction of sp³-hybridized carbons (Fsp3) is 0.440. The fourth-order valence-electron chi connectivity index (χ4n) is 2.62. The smallest absolute Gasteiger partial charge is 0.305 e. The van der Waals surface area contributed by atoms with Gasteiger partial charge in [0.15, 0.2) is 0 Å². The fourth-order valence-corrected chi connectivity index (χ4v) is 2.62. The van der Waals surface area contributed by atoms with E-state index in [-0.39, 0.29) is 17.5 Å². The molecule has 4 heterocycles. The number of carbonyl (C=O) groups excluding carboxylic acids is 1. The van der Waals surface area contributed by atoms with Gasteiger partial charge in [0, 0.05) is 30.2 Å². The average Bonchev–Trinajstić information content (AvgIpc) is 3.58. The van der Waals surface area contributed by atoms with E-state index in [9.17, 15) is 4.79 Å². The molecular formula is C25H36N6O4. The average molecular weight is 485 g/mol. The summed E-state index contributed by atoms with van der Waals surface area (Å²) in [5, 5.41) is 4.50. The van der Waals surface area contributed by atoms with Crippen molar-refractivity contribution in [1.29, 1.82) is 0 Å². The molecule has 35 heavy (non-hydrogen) atoms. The Morgan fingerprint density at radius 1 is 1.23 bits per heavy atom. The second kappa shape index (κ2) is 13.3. The van der Waals surface area contributed by atoms with Crippen molar-refractivity contribution in [1.82, 2.24) is 19.7 Å². The van der Waals surface area contributed by atoms with E-state index in [2.05, 4.69) is 35.8 Å². The van der Waals surface area contributed by atoms with Gasteiger partial charge >= 0.3 is 5.97 Å². The normalized spacial score (nSPS) is 14.0. The number of nitrogen functional groups attached to an aromatic ring is 2. The van der Waals surface area contributed by atoms with E-state index < -0.39 is 0 Å². The lowest BCUT2D eigenvalue weighted by atomic mass is 9.92. The van der Waals surface area contributed by atoms with Gasteiger partial charge in [0.25, 0.3) is 0 Å². The summed E-state index contributed by atoms with van der Waals surface area (Å²) < 4.78 is 16.2. The zero-order chi connectivity index (χ0) is 25.8. The molecule has 1 fully saturated rings. The summed E-state index contributed by atoms with van der Waals surface area (Å²) in [6, 6.07) is 11.0. The van der Waals surface area contributed by atoms with Crippen LogP contribution in [0, 0.1) is 0 Å². The van der Waals surface area contributed by atoms with E-state index in [1.165, 1.54) is 0 Å². The van der Waals surface area contributed by atoms with Gasteiger partial charge in [-0.1, -0.05) is 33.8 Å². The van der Waals surface area contributed by atoms with E-state index >= 15 is 0 Å². The van der Waals surface area contributed by atoms with Crippen LogP contribution in [0.2, 0.25) is 0 Å². The Morgan fingerprint density at radius 2 is 1.97 bits per heavy atom. The van der Waals surface area contributed by atoms with E-state index in [0.29, 0.717) is 30.5 Å². The van der Waals surface area contributed by atoms with Crippen molar-refractivity contribution in [3.05, 3.63) is 54.5 Å². The molecule has 1 aliphatic rings. The maximum Gasteiger partial charge on any atom is 0.305 e. The Balaban J connectivity index is 0.000000197. The van der Waals surface area contributed by atoms with Gasteiger partial charge in [0.1, 0.15) is 24.3 Å². The predicted octanol–water partition coefficient (Wildman–Crippen LogP) is 3.55. The van der Waals surface area contributed by atoms with Gasteiger partial charge in [0.05, 0.1) is 31.3 Å². The molecular weight excluding hydrogens is 448 g/mol. The first-order valence-corrected chi connectivity index (χ1v) is 11.4. The largest absolute Gasteiger partial charge is 0.481 e. The van der Waals surface area contributed by atoms with Crippen LogP contribution in [-0.2, 0) is 19.7 Å². The number of carbonyl (C=O) groups is 1. The highest BCUT2D eigenvalue weighted by molar-refractivity contribution is 5.69. The zero-order valence-electron chi connectivity index (χ0n) is 21.1. The third kappa shape index (κ3) is 10.0. The minimum Gasteiger partial charge on any atom is -0.481 e. The number of nitrogens with two attached hydrogens (primary N) is 2. The van der Waals surface area contributed by atoms with Gasteiger partial charge in [-0.3, -0.25) is 9.78 Å². The van der Waals surface area contributed by atoms with Crippen LogP contribution in [0.4, 0.5) is 11.6 Å². The number of esters is 1. The molecule has 0 aromatic carbocycles. The van der Waals surface area contributed by atoms with Crippen LogP contribution < -0.4 is 16.2 Å². The number of hydrogen-bond acceptors (Lipinski definition) is 9. The zero-order valence-corrected chi connectivity index (χ0v) is 21.1. The van der Waals surface area contributed by atoms with Crippen LogP contribution in [0.3, 0.4) is 0 Å². The molecule has 0 spiro atoms. The van der Waals surface area contributed by atoms with Crippen LogP contribution in [0.25, 0.3) is 5.69 Å². The maximum atomic E-state index is 10.7. The van der Waals surface area contributed by atoms with Crippen LogP contribution in [0.5, 0.6) is 5.88 Å². The minimum absolute atomic E-state index is 0.00157. The Hall–Kier alpha value is -3.66. The third-order valence-electron chi connectivity index (χ3n) is 4.64. The minimum atomic E-state index is -0.113. The van der Waals surface area contributed by atoms with Gasteiger partial charge in [-0.25, -0.2) is 4.68 Å². The van der Waals surface area contributed by atoms with Crippen molar-refractivity contribution in [3.8, 4) is 11.6 Å². The number of nitrogens with zero attached hydrogens (tertiary/aromatic N) is 4. The van der Waals surface area contributed by atoms with Crippen molar-refractivity contribution >= 4 is 17.6 Å². The molecule has 3 aromatic rings. The highest BCUT2D eigenvalue weighted by Gasteiger charge is 2.23. The summed E-state index contributed by atoms with van der Waals surface area (Å²) in [7, 11) is 1.56. The van der Waals surface area contributed by atoms with Crippen molar-refractivity contribution < 1.29 is 19.0 Å². The molecule has 1 saturated heterocycles. The number of rotatable bonds is 6. The summed E-state index contributed by atoms with van der Waals surface area (Å²) in [6.45, 7) is 9.49. The Bertz CT molecular complexity index is 1050. The van der Waals surface area contributed by atoms with Crippen LogP contribution >= 0.6 is 0 Å². The lowest BCUT2D eigenvalue weighted by Gasteiger charge is -2.14. The van der Waals surface area contributed by atoms with E-state index in [1.54, 1.807) is 42.4 Å². The second-order valence-electron chi connectivity index (χ2n) is 8.82. The summed E-state index contributed by atoms with van der Waals surface area (Å²) in [6.07, 6.45) is 5.04. The lowest BCUT2D eigenvalue weighted by Crippen LogP contribution is -2.12. The molecule has 0 radical (unpaired) electrons. The summed E-state index contributed by atoms with van der Waals surface area (Å²) in [5.74, 6) is 1.56. The number of pyridine rings is 2. The summed E-state index contributed by atoms with van der Waals surface area (Å²) >= 11 is 0. The Labute approximate surface area is 206 Å². The van der Waals surface area contributed by atoms with Gasteiger partial charge < -0.3 is 25.7 Å². The number of methoxy groups -OCH3 is 1. The molecule has 10 nitrogen and oxygen atoms in total. The summed E-state index contributed by atoms with van der Waals surface area (Å²) in [5.41, 5.74) is 13.2. The highest BCUT2D eigenvalue weighted by Crippen LogP contribution is 2.24. The number of ether oxygens (including phenoxy) is 3. The quantitative estimate of drug-likeness (QED) is 0.396. The molecule has 1 atom stereocenters. The molecule has 190 valence electrons. The number of anilines is 2. The van der Waals surface area contributed by atoms with Crippen LogP contribution in [0.1, 0.15) is 46.2 Å². The van der Waals surface area contributed by atoms with E-state index in [1.807, 2.05) is 25.1 Å². The third-order valence-corrected chi connectivity index (χ3v) is 4.64. The number of hydrogen-bond donors (Lipinski definition) is 2. The van der Waals surface area contributed by atoms with Crippen molar-refractivity contribution in [2.45, 2.75) is 52.1 Å². The Morgan fingerprint density at radius 3 is 2.46 bits per heavy atom. The van der Waals surface area contributed by atoms with Gasteiger partial charge in [-0.15, -0.1) is 0 Å². The number of epoxide rings is 1. The van der Waals surface area contributed by atoms with Gasteiger partial charge in [-0.05, 0) is 24.6 Å². The van der Waals surface area contributed by atoms with Gasteiger partial charge in [0.2, 0.25) is 5.88 Å². The van der Waals surface area contributed by atoms with Crippen molar-refractivity contribution in [3.63, 3.8) is 0 Å². The molecule has 4 N–H and O–H groups in total. The Kier molecular flexibility index (Phi) is 10.5. The first kappa shape index (κ1) is 27.6. The van der Waals surface area contributed by atoms with Crippen molar-refractivity contribution in [2.75, 3.05) is 31.8 Å².